The van der Waals surface area contributed by atoms with E-state index in [4.69, 9.17) is 11.6 Å². The Morgan fingerprint density at radius 1 is 1.24 bits per heavy atom. The molecule has 1 saturated heterocycles. The minimum atomic E-state index is -3.49. The normalized spacial score (nSPS) is 33.0. The van der Waals surface area contributed by atoms with Gasteiger partial charge in [-0.2, -0.15) is 4.31 Å². The van der Waals surface area contributed by atoms with Crippen LogP contribution in [0.1, 0.15) is 25.8 Å². The maximum absolute atomic E-state index is 12.9. The molecule has 1 fully saturated rings. The van der Waals surface area contributed by atoms with Crippen molar-refractivity contribution >= 4 is 21.6 Å². The molecule has 21 heavy (non-hydrogen) atoms. The predicted molar refractivity (Wildman–Crippen MR) is 85.0 cm³/mol. The van der Waals surface area contributed by atoms with E-state index >= 15 is 0 Å². The van der Waals surface area contributed by atoms with E-state index in [1.807, 2.05) is 32.1 Å². The summed E-state index contributed by atoms with van der Waals surface area (Å²) in [5, 5.41) is -0.249. The van der Waals surface area contributed by atoms with Crippen LogP contribution in [0.5, 0.6) is 0 Å². The topological polar surface area (TPSA) is 37.4 Å². The fourth-order valence-electron chi connectivity index (χ4n) is 3.31. The van der Waals surface area contributed by atoms with Crippen LogP contribution < -0.4 is 0 Å². The largest absolute Gasteiger partial charge is 0.243 e. The Morgan fingerprint density at radius 3 is 2.48 bits per heavy atom. The Bertz CT molecular complexity index is 695. The molecule has 3 nitrogen and oxygen atoms in total. The first-order valence-electron chi connectivity index (χ1n) is 7.15. The number of alkyl halides is 1. The van der Waals surface area contributed by atoms with Gasteiger partial charge in [0, 0.05) is 18.0 Å². The number of rotatable bonds is 2. The second-order valence-corrected chi connectivity index (χ2v) is 8.88. The van der Waals surface area contributed by atoms with Crippen LogP contribution in [0.3, 0.4) is 0 Å². The molecule has 114 valence electrons. The minimum absolute atomic E-state index is 0.0895. The monoisotopic (exact) mass is 325 g/mol. The molecule has 1 aliphatic heterocycles. The van der Waals surface area contributed by atoms with Crippen molar-refractivity contribution in [1.82, 2.24) is 4.31 Å². The second kappa shape index (κ2) is 4.83. The van der Waals surface area contributed by atoms with Crippen LogP contribution in [0.4, 0.5) is 0 Å². The molecular formula is C16H20ClNO2S. The Morgan fingerprint density at radius 2 is 1.86 bits per heavy atom. The molecule has 1 heterocycles. The van der Waals surface area contributed by atoms with Crippen molar-refractivity contribution in [2.75, 3.05) is 6.54 Å². The number of hydrogen-bond donors (Lipinski definition) is 0. The van der Waals surface area contributed by atoms with Gasteiger partial charge in [-0.15, -0.1) is 11.6 Å². The van der Waals surface area contributed by atoms with Gasteiger partial charge in [0.15, 0.2) is 0 Å². The molecule has 2 bridgehead atoms. The summed E-state index contributed by atoms with van der Waals surface area (Å²) >= 11 is 6.40. The third-order valence-corrected chi connectivity index (χ3v) is 7.19. The van der Waals surface area contributed by atoms with Crippen LogP contribution >= 0.6 is 11.6 Å². The molecule has 1 aromatic rings. The van der Waals surface area contributed by atoms with Gasteiger partial charge in [0.25, 0.3) is 0 Å². The number of benzene rings is 1. The fraction of sp³-hybridized carbons (Fsp3) is 0.500. The highest BCUT2D eigenvalue weighted by Gasteiger charge is 2.51. The first-order valence-corrected chi connectivity index (χ1v) is 9.03. The lowest BCUT2D eigenvalue weighted by atomic mass is 9.76. The summed E-state index contributed by atoms with van der Waals surface area (Å²) in [6.45, 7) is 6.63. The summed E-state index contributed by atoms with van der Waals surface area (Å²) in [4.78, 5) is 0.353. The van der Waals surface area contributed by atoms with Crippen molar-refractivity contribution in [2.24, 2.45) is 5.41 Å². The van der Waals surface area contributed by atoms with Crippen LogP contribution in [-0.2, 0) is 10.0 Å². The maximum Gasteiger partial charge on any atom is 0.243 e. The summed E-state index contributed by atoms with van der Waals surface area (Å²) in [6, 6.07) is 6.88. The van der Waals surface area contributed by atoms with Gasteiger partial charge in [0.1, 0.15) is 0 Å². The third-order valence-electron chi connectivity index (χ3n) is 4.89. The highest BCUT2D eigenvalue weighted by molar-refractivity contribution is 7.89. The molecule has 0 spiro atoms. The Balaban J connectivity index is 2.00. The number of halogens is 1. The first-order chi connectivity index (χ1) is 9.74. The number of aryl methyl sites for hydroxylation is 1. The Labute approximate surface area is 131 Å². The van der Waals surface area contributed by atoms with Crippen molar-refractivity contribution < 1.29 is 8.42 Å². The van der Waals surface area contributed by atoms with E-state index in [-0.39, 0.29) is 16.8 Å². The van der Waals surface area contributed by atoms with Crippen molar-refractivity contribution in [1.29, 1.82) is 0 Å². The number of fused-ring (bicyclic) bond motifs is 2. The summed E-state index contributed by atoms with van der Waals surface area (Å²) in [7, 11) is -3.49. The van der Waals surface area contributed by atoms with Crippen molar-refractivity contribution in [2.45, 2.75) is 43.5 Å². The molecule has 0 radical (unpaired) electrons. The fourth-order valence-corrected chi connectivity index (χ4v) is 5.55. The van der Waals surface area contributed by atoms with Gasteiger partial charge in [0.2, 0.25) is 10.0 Å². The lowest BCUT2D eigenvalue weighted by molar-refractivity contribution is 0.389. The average Bonchev–Trinajstić information content (AvgIpc) is 2.75. The van der Waals surface area contributed by atoms with Gasteiger partial charge < -0.3 is 0 Å². The second-order valence-electron chi connectivity index (χ2n) is 6.49. The SMILES string of the molecule is CC1=C[C@@H](Cl)[C@H]2C[C@]1(C)CN2S(=O)(=O)c1ccc(C)cc1. The Hall–Kier alpha value is -0.840. The first kappa shape index (κ1) is 15.1. The highest BCUT2D eigenvalue weighted by Crippen LogP contribution is 2.48. The minimum Gasteiger partial charge on any atom is -0.207 e. The van der Waals surface area contributed by atoms with Crippen molar-refractivity contribution in [3.05, 3.63) is 41.5 Å². The molecular weight excluding hydrogens is 306 g/mol. The number of hydrogen-bond acceptors (Lipinski definition) is 2. The number of sulfonamides is 1. The molecule has 0 N–H and O–H groups in total. The predicted octanol–water partition coefficient (Wildman–Crippen LogP) is 3.33. The van der Waals surface area contributed by atoms with Crippen LogP contribution in [0.2, 0.25) is 0 Å². The summed E-state index contributed by atoms with van der Waals surface area (Å²) in [5.41, 5.74) is 2.16. The molecule has 2 aliphatic rings. The molecule has 5 heteroatoms. The molecule has 0 unspecified atom stereocenters. The number of nitrogens with zero attached hydrogens (tertiary/aromatic N) is 1. The molecule has 0 aromatic heterocycles. The molecule has 1 aromatic carbocycles. The standard InChI is InChI=1S/C16H20ClNO2S/c1-11-4-6-13(7-5-11)21(19,20)18-10-16(3)9-15(18)14(17)8-12(16)2/h4-8,14-15H,9-10H2,1-3H3/t14-,15-,16-/m1/s1. The average molecular weight is 326 g/mol. The summed E-state index contributed by atoms with van der Waals surface area (Å²) < 4.78 is 27.5. The zero-order valence-corrected chi connectivity index (χ0v) is 14.1. The summed E-state index contributed by atoms with van der Waals surface area (Å²) in [5.74, 6) is 0. The van der Waals surface area contributed by atoms with E-state index in [9.17, 15) is 8.42 Å². The van der Waals surface area contributed by atoms with Crippen LogP contribution in [0, 0.1) is 12.3 Å². The van der Waals surface area contributed by atoms with E-state index < -0.39 is 10.0 Å². The maximum atomic E-state index is 12.9. The van der Waals surface area contributed by atoms with E-state index in [1.54, 1.807) is 16.4 Å². The molecule has 3 atom stereocenters. The third kappa shape index (κ3) is 2.33. The molecule has 0 amide bonds. The zero-order chi connectivity index (χ0) is 15.4. The van der Waals surface area contributed by atoms with Crippen LogP contribution in [-0.4, -0.2) is 30.7 Å². The Kier molecular flexibility index (Phi) is 3.47. The quantitative estimate of drug-likeness (QED) is 0.618. The van der Waals surface area contributed by atoms with Crippen LogP contribution in [0.25, 0.3) is 0 Å². The van der Waals surface area contributed by atoms with Crippen LogP contribution in [0.15, 0.2) is 40.8 Å². The zero-order valence-electron chi connectivity index (χ0n) is 12.5. The van der Waals surface area contributed by atoms with E-state index in [0.29, 0.717) is 11.4 Å². The smallest absolute Gasteiger partial charge is 0.207 e. The molecule has 0 saturated carbocycles. The van der Waals surface area contributed by atoms with E-state index in [1.165, 1.54) is 5.57 Å². The summed E-state index contributed by atoms with van der Waals surface area (Å²) in [6.07, 6.45) is 2.81. The lowest BCUT2D eigenvalue weighted by Crippen LogP contribution is -2.39. The van der Waals surface area contributed by atoms with Crippen molar-refractivity contribution in [3.8, 4) is 0 Å². The molecule has 1 aliphatic carbocycles. The van der Waals surface area contributed by atoms with Gasteiger partial charge in [0.05, 0.1) is 10.3 Å². The van der Waals surface area contributed by atoms with Crippen molar-refractivity contribution in [3.63, 3.8) is 0 Å². The van der Waals surface area contributed by atoms with Gasteiger partial charge in [-0.25, -0.2) is 8.42 Å². The highest BCUT2D eigenvalue weighted by atomic mass is 35.5. The molecule has 3 rings (SSSR count). The van der Waals surface area contributed by atoms with Gasteiger partial charge in [-0.3, -0.25) is 0 Å². The van der Waals surface area contributed by atoms with Gasteiger partial charge in [-0.05, 0) is 32.4 Å². The van der Waals surface area contributed by atoms with E-state index in [0.717, 1.165) is 12.0 Å². The van der Waals surface area contributed by atoms with Gasteiger partial charge in [-0.1, -0.05) is 36.3 Å². The van der Waals surface area contributed by atoms with Gasteiger partial charge >= 0.3 is 0 Å². The van der Waals surface area contributed by atoms with E-state index in [2.05, 4.69) is 6.92 Å². The lowest BCUT2D eigenvalue weighted by Gasteiger charge is -2.30.